The van der Waals surface area contributed by atoms with Crippen molar-refractivity contribution in [1.29, 1.82) is 0 Å². The molecule has 0 bridgehead atoms. The highest BCUT2D eigenvalue weighted by Gasteiger charge is 2.35. The first-order chi connectivity index (χ1) is 15.9. The molecule has 5 rings (SSSR count). The summed E-state index contributed by atoms with van der Waals surface area (Å²) in [5.74, 6) is -0.639. The topological polar surface area (TPSA) is 73.9 Å². The second-order valence-corrected chi connectivity index (χ2v) is 8.94. The minimum absolute atomic E-state index is 0.179. The van der Waals surface area contributed by atoms with Crippen LogP contribution in [0.15, 0.2) is 65.7 Å². The number of benzene rings is 2. The zero-order valence-electron chi connectivity index (χ0n) is 18.8. The number of halogens is 1. The normalized spacial score (nSPS) is 17.5. The number of nitrogens with one attached hydrogen (secondary N) is 2. The van der Waals surface area contributed by atoms with Crippen molar-refractivity contribution in [1.82, 2.24) is 20.1 Å². The lowest BCUT2D eigenvalue weighted by molar-refractivity contribution is 0.266. The quantitative estimate of drug-likeness (QED) is 0.472. The van der Waals surface area contributed by atoms with Crippen LogP contribution in [0.5, 0.6) is 0 Å². The van der Waals surface area contributed by atoms with Crippen LogP contribution in [0.1, 0.15) is 48.2 Å². The predicted octanol–water partition coefficient (Wildman–Crippen LogP) is 4.60. The molecule has 2 N–H and O–H groups in total. The summed E-state index contributed by atoms with van der Waals surface area (Å²) in [7, 11) is 2.11. The van der Waals surface area contributed by atoms with Crippen LogP contribution in [-0.2, 0) is 6.54 Å². The highest BCUT2D eigenvalue weighted by atomic mass is 19.1. The molecule has 7 heteroatoms. The Labute approximate surface area is 191 Å². The number of hydrogen-bond donors (Lipinski definition) is 2. The first-order valence-electron chi connectivity index (χ1n) is 11.1. The zero-order chi connectivity index (χ0) is 23.1. The number of pyridine rings is 1. The second-order valence-electron chi connectivity index (χ2n) is 8.94. The van der Waals surface area contributed by atoms with Crippen LogP contribution < -0.4 is 10.9 Å². The standard InChI is InChI=1S/C26H26FN5O/c1-15(2)32(3)14-16-4-6-17(7-5-16)22-24(18-8-10-28-11-9-18)29-21-13-19(27)12-20-23(21)25(22)30-31-26(20)33/h4-13,15,22,24,29H,14H2,1-3H3,(H,31,33)/t22-,24-/m1/s1. The van der Waals surface area contributed by atoms with Gasteiger partial charge < -0.3 is 5.32 Å². The molecular weight excluding hydrogens is 417 g/mol. The van der Waals surface area contributed by atoms with E-state index in [-0.39, 0.29) is 12.0 Å². The number of anilines is 1. The summed E-state index contributed by atoms with van der Waals surface area (Å²) in [5, 5.41) is 11.5. The second kappa shape index (κ2) is 8.41. The Kier molecular flexibility index (Phi) is 5.42. The summed E-state index contributed by atoms with van der Waals surface area (Å²) >= 11 is 0. The van der Waals surface area contributed by atoms with Gasteiger partial charge in [-0.05, 0) is 61.9 Å². The molecule has 0 radical (unpaired) electrons. The number of aromatic nitrogens is 3. The van der Waals surface area contributed by atoms with Crippen LogP contribution in [0.2, 0.25) is 0 Å². The van der Waals surface area contributed by atoms with E-state index >= 15 is 0 Å². The van der Waals surface area contributed by atoms with E-state index in [0.29, 0.717) is 22.5 Å². The highest BCUT2D eigenvalue weighted by molar-refractivity contribution is 5.97. The molecule has 2 atom stereocenters. The fourth-order valence-electron chi connectivity index (χ4n) is 4.53. The van der Waals surface area contributed by atoms with Gasteiger partial charge in [0, 0.05) is 36.1 Å². The van der Waals surface area contributed by atoms with Crippen molar-refractivity contribution in [3.8, 4) is 0 Å². The number of H-pyrrole nitrogens is 1. The minimum Gasteiger partial charge on any atom is -0.377 e. The zero-order valence-corrected chi connectivity index (χ0v) is 18.8. The third kappa shape index (κ3) is 3.89. The van der Waals surface area contributed by atoms with Crippen molar-refractivity contribution >= 4 is 16.5 Å². The van der Waals surface area contributed by atoms with E-state index in [0.717, 1.165) is 23.4 Å². The maximum absolute atomic E-state index is 14.3. The van der Waals surface area contributed by atoms with Gasteiger partial charge in [0.1, 0.15) is 5.82 Å². The molecule has 6 nitrogen and oxygen atoms in total. The molecule has 0 saturated heterocycles. The van der Waals surface area contributed by atoms with Gasteiger partial charge >= 0.3 is 0 Å². The molecule has 1 aliphatic heterocycles. The summed E-state index contributed by atoms with van der Waals surface area (Å²) in [4.78, 5) is 18.9. The largest absolute Gasteiger partial charge is 0.377 e. The Morgan fingerprint density at radius 3 is 2.48 bits per heavy atom. The van der Waals surface area contributed by atoms with Gasteiger partial charge in [-0.3, -0.25) is 14.7 Å². The Bertz CT molecular complexity index is 1350. The molecule has 0 unspecified atom stereocenters. The van der Waals surface area contributed by atoms with Crippen LogP contribution in [0, 0.1) is 5.82 Å². The molecule has 4 aromatic rings. The van der Waals surface area contributed by atoms with E-state index in [9.17, 15) is 9.18 Å². The number of rotatable bonds is 5. The Balaban J connectivity index is 1.65. The summed E-state index contributed by atoms with van der Waals surface area (Å²) < 4.78 is 14.3. The molecule has 2 aromatic carbocycles. The summed E-state index contributed by atoms with van der Waals surface area (Å²) in [6.07, 6.45) is 3.49. The van der Waals surface area contributed by atoms with E-state index in [1.807, 2.05) is 12.1 Å². The van der Waals surface area contributed by atoms with Crippen molar-refractivity contribution in [3.05, 3.63) is 99.5 Å². The number of aromatic amines is 1. The summed E-state index contributed by atoms with van der Waals surface area (Å²) in [6.45, 7) is 5.21. The molecule has 168 valence electrons. The monoisotopic (exact) mass is 443 g/mol. The number of hydrogen-bond acceptors (Lipinski definition) is 5. The van der Waals surface area contributed by atoms with Crippen LogP contribution in [0.25, 0.3) is 10.8 Å². The lowest BCUT2D eigenvalue weighted by atomic mass is 9.80. The van der Waals surface area contributed by atoms with E-state index in [1.54, 1.807) is 12.4 Å². The fourth-order valence-corrected chi connectivity index (χ4v) is 4.53. The van der Waals surface area contributed by atoms with Crippen LogP contribution in [-0.4, -0.2) is 33.2 Å². The van der Waals surface area contributed by atoms with Gasteiger partial charge in [-0.2, -0.15) is 5.10 Å². The van der Waals surface area contributed by atoms with Crippen molar-refractivity contribution in [2.45, 2.75) is 38.4 Å². The first kappa shape index (κ1) is 21.3. The molecule has 2 aromatic heterocycles. The maximum Gasteiger partial charge on any atom is 0.272 e. The lowest BCUT2D eigenvalue weighted by Crippen LogP contribution is -2.28. The summed E-state index contributed by atoms with van der Waals surface area (Å²) in [5.41, 5.74) is 4.20. The van der Waals surface area contributed by atoms with Gasteiger partial charge in [0.25, 0.3) is 5.56 Å². The van der Waals surface area contributed by atoms with E-state index < -0.39 is 11.4 Å². The molecule has 0 fully saturated rings. The van der Waals surface area contributed by atoms with Crippen molar-refractivity contribution in [2.24, 2.45) is 0 Å². The molecule has 0 saturated carbocycles. The predicted molar refractivity (Wildman–Crippen MR) is 128 cm³/mol. The molecule has 33 heavy (non-hydrogen) atoms. The van der Waals surface area contributed by atoms with Crippen LogP contribution in [0.3, 0.4) is 0 Å². The Hall–Kier alpha value is -3.58. The smallest absolute Gasteiger partial charge is 0.272 e. The average molecular weight is 444 g/mol. The van der Waals surface area contributed by atoms with E-state index in [2.05, 4.69) is 70.6 Å². The van der Waals surface area contributed by atoms with Gasteiger partial charge in [0.05, 0.1) is 23.0 Å². The summed E-state index contributed by atoms with van der Waals surface area (Å²) in [6, 6.07) is 15.4. The fraction of sp³-hybridized carbons (Fsp3) is 0.269. The van der Waals surface area contributed by atoms with Crippen LogP contribution >= 0.6 is 0 Å². The van der Waals surface area contributed by atoms with Gasteiger partial charge in [0.15, 0.2) is 0 Å². The first-order valence-corrected chi connectivity index (χ1v) is 11.1. The molecule has 1 aliphatic rings. The third-order valence-electron chi connectivity index (χ3n) is 6.54. The van der Waals surface area contributed by atoms with Crippen LogP contribution in [0.4, 0.5) is 10.1 Å². The maximum atomic E-state index is 14.3. The van der Waals surface area contributed by atoms with Gasteiger partial charge in [-0.25, -0.2) is 9.49 Å². The third-order valence-corrected chi connectivity index (χ3v) is 6.54. The lowest BCUT2D eigenvalue weighted by Gasteiger charge is -2.34. The Morgan fingerprint density at radius 2 is 1.79 bits per heavy atom. The highest BCUT2D eigenvalue weighted by Crippen LogP contribution is 2.46. The molecule has 0 amide bonds. The average Bonchev–Trinajstić information content (AvgIpc) is 2.81. The minimum atomic E-state index is -0.460. The molecule has 0 aliphatic carbocycles. The van der Waals surface area contributed by atoms with Crippen molar-refractivity contribution in [2.75, 3.05) is 12.4 Å². The molecule has 3 heterocycles. The molecule has 0 spiro atoms. The number of nitrogens with zero attached hydrogens (tertiary/aromatic N) is 3. The van der Waals surface area contributed by atoms with Gasteiger partial charge in [-0.1, -0.05) is 24.3 Å². The van der Waals surface area contributed by atoms with Gasteiger partial charge in [-0.15, -0.1) is 0 Å². The van der Waals surface area contributed by atoms with Crippen molar-refractivity contribution in [3.63, 3.8) is 0 Å². The van der Waals surface area contributed by atoms with Crippen molar-refractivity contribution < 1.29 is 4.39 Å². The Morgan fingerprint density at radius 1 is 1.06 bits per heavy atom. The van der Waals surface area contributed by atoms with Gasteiger partial charge in [0.2, 0.25) is 0 Å². The van der Waals surface area contributed by atoms with E-state index in [1.165, 1.54) is 17.7 Å². The molecular formula is C26H26FN5O. The van der Waals surface area contributed by atoms with E-state index in [4.69, 9.17) is 0 Å². The SMILES string of the molecule is CC(C)N(C)Cc1ccc([C@H]2c3n[nH]c(=O)c4cc(F)cc(c34)N[C@@H]2c2ccncc2)cc1.